The van der Waals surface area contributed by atoms with Gasteiger partial charge in [0.25, 0.3) is 0 Å². The molecule has 3 heteroatoms. The Kier molecular flexibility index (Phi) is 2.47. The maximum absolute atomic E-state index is 11.2. The molecule has 0 N–H and O–H groups in total. The molecule has 1 fully saturated rings. The van der Waals surface area contributed by atoms with E-state index in [0.29, 0.717) is 25.2 Å². The first-order valence-corrected chi connectivity index (χ1v) is 5.27. The molecular formula is C10H12O2S. The first-order chi connectivity index (χ1) is 6.25. The van der Waals surface area contributed by atoms with Gasteiger partial charge >= 0.3 is 0 Å². The zero-order valence-electron chi connectivity index (χ0n) is 7.58. The molecule has 0 saturated carbocycles. The summed E-state index contributed by atoms with van der Waals surface area (Å²) >= 11 is 1.72. The summed E-state index contributed by atoms with van der Waals surface area (Å²) in [5.74, 6) is 0.322. The van der Waals surface area contributed by atoms with Crippen LogP contribution < -0.4 is 0 Å². The lowest BCUT2D eigenvalue weighted by molar-refractivity contribution is -0.128. The fraction of sp³-hybridized carbons (Fsp3) is 0.500. The van der Waals surface area contributed by atoms with Crippen LogP contribution in [0.2, 0.25) is 0 Å². The normalized spacial score (nSPS) is 23.5. The van der Waals surface area contributed by atoms with Crippen molar-refractivity contribution in [3.63, 3.8) is 0 Å². The minimum atomic E-state index is 0.0277. The first-order valence-electron chi connectivity index (χ1n) is 4.45. The van der Waals surface area contributed by atoms with Gasteiger partial charge in [0.05, 0.1) is 12.7 Å². The van der Waals surface area contributed by atoms with Gasteiger partial charge in [0.1, 0.15) is 5.78 Å². The van der Waals surface area contributed by atoms with Gasteiger partial charge in [0.2, 0.25) is 0 Å². The van der Waals surface area contributed by atoms with Crippen LogP contribution >= 0.6 is 11.3 Å². The van der Waals surface area contributed by atoms with E-state index in [1.807, 2.05) is 0 Å². The van der Waals surface area contributed by atoms with Crippen LogP contribution in [0.1, 0.15) is 28.7 Å². The smallest absolute Gasteiger partial charge is 0.138 e. The van der Waals surface area contributed by atoms with Gasteiger partial charge in [-0.2, -0.15) is 0 Å². The summed E-state index contributed by atoms with van der Waals surface area (Å²) in [6.07, 6.45) is 1.17. The number of carbonyl (C=O) groups is 1. The average Bonchev–Trinajstić information content (AvgIpc) is 2.52. The molecule has 0 aromatic carbocycles. The van der Waals surface area contributed by atoms with Crippen molar-refractivity contribution in [2.45, 2.75) is 25.9 Å². The predicted octanol–water partition coefficient (Wildman–Crippen LogP) is 2.48. The Morgan fingerprint density at radius 2 is 2.38 bits per heavy atom. The van der Waals surface area contributed by atoms with E-state index in [4.69, 9.17) is 4.74 Å². The van der Waals surface area contributed by atoms with Crippen molar-refractivity contribution < 1.29 is 9.53 Å². The van der Waals surface area contributed by atoms with E-state index in [0.717, 1.165) is 0 Å². The number of thiophene rings is 1. The van der Waals surface area contributed by atoms with E-state index in [-0.39, 0.29) is 6.10 Å². The minimum absolute atomic E-state index is 0.0277. The van der Waals surface area contributed by atoms with Crippen LogP contribution in [0.15, 0.2) is 12.1 Å². The fourth-order valence-corrected chi connectivity index (χ4v) is 2.42. The van der Waals surface area contributed by atoms with Gasteiger partial charge in [-0.05, 0) is 19.1 Å². The van der Waals surface area contributed by atoms with Crippen molar-refractivity contribution in [2.24, 2.45) is 0 Å². The number of ketones is 1. The number of hydrogen-bond donors (Lipinski definition) is 0. The third-order valence-corrected chi connectivity index (χ3v) is 3.28. The highest BCUT2D eigenvalue weighted by Crippen LogP contribution is 2.30. The molecule has 70 valence electrons. The van der Waals surface area contributed by atoms with Crippen LogP contribution in [0.3, 0.4) is 0 Å². The van der Waals surface area contributed by atoms with Crippen molar-refractivity contribution in [2.75, 3.05) is 6.61 Å². The Morgan fingerprint density at radius 1 is 1.54 bits per heavy atom. The molecule has 0 radical (unpaired) electrons. The van der Waals surface area contributed by atoms with Gasteiger partial charge in [0, 0.05) is 22.6 Å². The maximum atomic E-state index is 11.2. The van der Waals surface area contributed by atoms with Gasteiger partial charge in [-0.1, -0.05) is 0 Å². The largest absolute Gasteiger partial charge is 0.372 e. The van der Waals surface area contributed by atoms with E-state index in [1.54, 1.807) is 11.3 Å². The van der Waals surface area contributed by atoms with E-state index < -0.39 is 0 Å². The fourth-order valence-electron chi connectivity index (χ4n) is 1.49. The Balaban J connectivity index is 2.12. The van der Waals surface area contributed by atoms with Gasteiger partial charge in [-0.15, -0.1) is 11.3 Å². The van der Waals surface area contributed by atoms with Gasteiger partial charge in [-0.25, -0.2) is 0 Å². The quantitative estimate of drug-likeness (QED) is 0.689. The first kappa shape index (κ1) is 8.91. The summed E-state index contributed by atoms with van der Waals surface area (Å²) in [6, 6.07) is 4.13. The van der Waals surface area contributed by atoms with Gasteiger partial charge in [-0.3, -0.25) is 4.79 Å². The third kappa shape index (κ3) is 1.98. The molecule has 2 rings (SSSR count). The van der Waals surface area contributed by atoms with Crippen LogP contribution in [-0.2, 0) is 9.53 Å². The number of rotatable bonds is 1. The zero-order chi connectivity index (χ0) is 9.26. The predicted molar refractivity (Wildman–Crippen MR) is 52.0 cm³/mol. The van der Waals surface area contributed by atoms with Crippen LogP contribution in [0.4, 0.5) is 0 Å². The Labute approximate surface area is 81.5 Å². The van der Waals surface area contributed by atoms with Gasteiger partial charge < -0.3 is 4.74 Å². The molecule has 1 aromatic heterocycles. The lowest BCUT2D eigenvalue weighted by Crippen LogP contribution is -2.18. The van der Waals surface area contributed by atoms with Crippen molar-refractivity contribution >= 4 is 17.1 Å². The number of carbonyl (C=O) groups excluding carboxylic acids is 1. The lowest BCUT2D eigenvalue weighted by atomic mass is 10.1. The average molecular weight is 196 g/mol. The summed E-state index contributed by atoms with van der Waals surface area (Å²) in [5.41, 5.74) is 0. The summed E-state index contributed by atoms with van der Waals surface area (Å²) in [7, 11) is 0. The molecule has 13 heavy (non-hydrogen) atoms. The summed E-state index contributed by atoms with van der Waals surface area (Å²) in [4.78, 5) is 13.6. The maximum Gasteiger partial charge on any atom is 0.138 e. The highest BCUT2D eigenvalue weighted by molar-refractivity contribution is 7.12. The second-order valence-corrected chi connectivity index (χ2v) is 4.62. The molecule has 1 unspecified atom stereocenters. The third-order valence-electron chi connectivity index (χ3n) is 2.19. The standard InChI is InChI=1S/C10H12O2S/c1-7-2-3-10(13-7)9-6-8(11)4-5-12-9/h2-3,9H,4-6H2,1H3. The number of Topliss-reactive ketones (excluding diaryl/α,β-unsaturated/α-hetero) is 1. The van der Waals surface area contributed by atoms with Crippen molar-refractivity contribution in [3.8, 4) is 0 Å². The summed E-state index contributed by atoms with van der Waals surface area (Å²) in [5, 5.41) is 0. The summed E-state index contributed by atoms with van der Waals surface area (Å²) < 4.78 is 5.54. The van der Waals surface area contributed by atoms with E-state index >= 15 is 0 Å². The van der Waals surface area contributed by atoms with E-state index in [1.165, 1.54) is 9.75 Å². The van der Waals surface area contributed by atoms with Crippen LogP contribution in [0.25, 0.3) is 0 Å². The Bertz CT molecular complexity index is 316. The van der Waals surface area contributed by atoms with Crippen LogP contribution in [0.5, 0.6) is 0 Å². The van der Waals surface area contributed by atoms with Crippen LogP contribution in [-0.4, -0.2) is 12.4 Å². The molecule has 0 spiro atoms. The SMILES string of the molecule is Cc1ccc(C2CC(=O)CCO2)s1. The van der Waals surface area contributed by atoms with E-state index in [2.05, 4.69) is 19.1 Å². The molecule has 1 atom stereocenters. The minimum Gasteiger partial charge on any atom is -0.372 e. The molecule has 0 amide bonds. The number of ether oxygens (including phenoxy) is 1. The van der Waals surface area contributed by atoms with Crippen molar-refractivity contribution in [1.82, 2.24) is 0 Å². The van der Waals surface area contributed by atoms with Gasteiger partial charge in [0.15, 0.2) is 0 Å². The molecule has 1 aliphatic rings. The molecule has 1 aliphatic heterocycles. The molecule has 2 nitrogen and oxygen atoms in total. The second kappa shape index (κ2) is 3.60. The molecule has 1 aromatic rings. The molecule has 2 heterocycles. The molecule has 0 bridgehead atoms. The Hall–Kier alpha value is -0.670. The van der Waals surface area contributed by atoms with Crippen LogP contribution in [0, 0.1) is 6.92 Å². The van der Waals surface area contributed by atoms with Crippen molar-refractivity contribution in [1.29, 1.82) is 0 Å². The molecular weight excluding hydrogens is 184 g/mol. The second-order valence-electron chi connectivity index (χ2n) is 3.30. The zero-order valence-corrected chi connectivity index (χ0v) is 8.39. The molecule has 0 aliphatic carbocycles. The summed E-state index contributed by atoms with van der Waals surface area (Å²) in [6.45, 7) is 2.65. The van der Waals surface area contributed by atoms with Crippen molar-refractivity contribution in [3.05, 3.63) is 21.9 Å². The number of hydrogen-bond acceptors (Lipinski definition) is 3. The highest BCUT2D eigenvalue weighted by Gasteiger charge is 2.22. The van der Waals surface area contributed by atoms with E-state index in [9.17, 15) is 4.79 Å². The lowest BCUT2D eigenvalue weighted by Gasteiger charge is -2.20. The monoisotopic (exact) mass is 196 g/mol. The molecule has 1 saturated heterocycles. The number of aryl methyl sites for hydroxylation is 1. The topological polar surface area (TPSA) is 26.3 Å². The highest BCUT2D eigenvalue weighted by atomic mass is 32.1. The Morgan fingerprint density at radius 3 is 3.00 bits per heavy atom.